The van der Waals surface area contributed by atoms with Crippen molar-refractivity contribution in [3.8, 4) is 0 Å². The molecule has 0 atom stereocenters. The van der Waals surface area contributed by atoms with E-state index in [0.29, 0.717) is 19.1 Å². The van der Waals surface area contributed by atoms with Crippen molar-refractivity contribution < 1.29 is 13.2 Å². The summed E-state index contributed by atoms with van der Waals surface area (Å²) in [4.78, 5) is 0. The first-order valence-electron chi connectivity index (χ1n) is 7.39. The van der Waals surface area contributed by atoms with Crippen LogP contribution in [0.25, 0.3) is 0 Å². The Kier molecular flexibility index (Phi) is 5.85. The van der Waals surface area contributed by atoms with Gasteiger partial charge in [0.2, 0.25) is 10.0 Å². The Balaban J connectivity index is 1.70. The summed E-state index contributed by atoms with van der Waals surface area (Å²) in [6.45, 7) is 1.72. The average Bonchev–Trinajstić information content (AvgIpc) is 2.46. The van der Waals surface area contributed by atoms with Crippen LogP contribution in [-0.4, -0.2) is 33.9 Å². The molecule has 2 rings (SSSR count). The van der Waals surface area contributed by atoms with E-state index < -0.39 is 10.0 Å². The maximum Gasteiger partial charge on any atom is 0.211 e. The SMILES string of the molecule is O=S(=O)(CCC1CCCCC1)NCC1=CCCOC1. The van der Waals surface area contributed by atoms with Crippen molar-refractivity contribution >= 4 is 10.0 Å². The lowest BCUT2D eigenvalue weighted by Crippen LogP contribution is -2.30. The van der Waals surface area contributed by atoms with E-state index in [4.69, 9.17) is 4.74 Å². The van der Waals surface area contributed by atoms with Crippen molar-refractivity contribution in [2.45, 2.75) is 44.9 Å². The van der Waals surface area contributed by atoms with Gasteiger partial charge in [0.15, 0.2) is 0 Å². The number of sulfonamides is 1. The van der Waals surface area contributed by atoms with Crippen LogP contribution in [0.1, 0.15) is 44.9 Å². The van der Waals surface area contributed by atoms with Gasteiger partial charge in [-0.3, -0.25) is 0 Å². The van der Waals surface area contributed by atoms with Gasteiger partial charge in [-0.25, -0.2) is 13.1 Å². The monoisotopic (exact) mass is 287 g/mol. The van der Waals surface area contributed by atoms with Crippen LogP contribution in [0.3, 0.4) is 0 Å². The largest absolute Gasteiger partial charge is 0.377 e. The highest BCUT2D eigenvalue weighted by Crippen LogP contribution is 2.26. The molecule has 0 spiro atoms. The molecule has 0 bridgehead atoms. The van der Waals surface area contributed by atoms with Crippen LogP contribution in [0.5, 0.6) is 0 Å². The van der Waals surface area contributed by atoms with Crippen molar-refractivity contribution in [1.29, 1.82) is 0 Å². The normalized spacial score (nSPS) is 22.2. The minimum absolute atomic E-state index is 0.270. The summed E-state index contributed by atoms with van der Waals surface area (Å²) < 4.78 is 31.9. The van der Waals surface area contributed by atoms with Gasteiger partial charge in [-0.05, 0) is 24.3 Å². The van der Waals surface area contributed by atoms with Crippen LogP contribution < -0.4 is 4.72 Å². The standard InChI is InChI=1S/C14H25NO3S/c16-19(17,10-8-13-5-2-1-3-6-13)15-11-14-7-4-9-18-12-14/h7,13,15H,1-6,8-12H2. The van der Waals surface area contributed by atoms with Crippen molar-refractivity contribution in [2.75, 3.05) is 25.5 Å². The number of hydrogen-bond donors (Lipinski definition) is 1. The van der Waals surface area contributed by atoms with E-state index in [1.807, 2.05) is 0 Å². The van der Waals surface area contributed by atoms with Gasteiger partial charge in [-0.2, -0.15) is 0 Å². The van der Waals surface area contributed by atoms with Gasteiger partial charge >= 0.3 is 0 Å². The zero-order valence-electron chi connectivity index (χ0n) is 11.6. The minimum Gasteiger partial charge on any atom is -0.377 e. The van der Waals surface area contributed by atoms with E-state index in [1.165, 1.54) is 32.1 Å². The molecule has 2 aliphatic rings. The molecule has 0 amide bonds. The molecular weight excluding hydrogens is 262 g/mol. The Morgan fingerprint density at radius 1 is 1.26 bits per heavy atom. The van der Waals surface area contributed by atoms with E-state index in [2.05, 4.69) is 10.8 Å². The summed E-state index contributed by atoms with van der Waals surface area (Å²) in [6.07, 6.45) is 10.0. The summed E-state index contributed by atoms with van der Waals surface area (Å²) in [6, 6.07) is 0. The molecule has 0 aromatic carbocycles. The maximum atomic E-state index is 11.9. The molecule has 1 fully saturated rings. The molecule has 0 saturated heterocycles. The minimum atomic E-state index is -3.13. The Hall–Kier alpha value is -0.390. The van der Waals surface area contributed by atoms with Gasteiger partial charge in [0, 0.05) is 6.54 Å². The summed E-state index contributed by atoms with van der Waals surface area (Å²) in [5, 5.41) is 0. The first kappa shape index (κ1) is 15.0. The van der Waals surface area contributed by atoms with E-state index in [0.717, 1.165) is 25.0 Å². The van der Waals surface area contributed by atoms with Crippen molar-refractivity contribution in [3.05, 3.63) is 11.6 Å². The Morgan fingerprint density at radius 3 is 2.74 bits per heavy atom. The second-order valence-electron chi connectivity index (χ2n) is 5.64. The molecule has 0 aromatic rings. The predicted octanol–water partition coefficient (Wildman–Crippen LogP) is 2.22. The van der Waals surface area contributed by atoms with E-state index in [1.54, 1.807) is 0 Å². The van der Waals surface area contributed by atoms with E-state index in [9.17, 15) is 8.42 Å². The summed E-state index contributed by atoms with van der Waals surface area (Å²) in [7, 11) is -3.13. The zero-order valence-corrected chi connectivity index (χ0v) is 12.4. The number of nitrogens with one attached hydrogen (secondary N) is 1. The third kappa shape index (κ3) is 5.63. The van der Waals surface area contributed by atoms with Crippen molar-refractivity contribution in [1.82, 2.24) is 4.72 Å². The molecule has 1 heterocycles. The maximum absolute atomic E-state index is 11.9. The third-order valence-corrected chi connectivity index (χ3v) is 5.38. The van der Waals surface area contributed by atoms with Gasteiger partial charge in [0.1, 0.15) is 0 Å². The van der Waals surface area contributed by atoms with Crippen LogP contribution >= 0.6 is 0 Å². The average molecular weight is 287 g/mol. The number of ether oxygens (including phenoxy) is 1. The smallest absolute Gasteiger partial charge is 0.211 e. The molecule has 0 unspecified atom stereocenters. The van der Waals surface area contributed by atoms with Gasteiger partial charge in [0.05, 0.1) is 19.0 Å². The fourth-order valence-electron chi connectivity index (χ4n) is 2.80. The first-order valence-corrected chi connectivity index (χ1v) is 9.04. The predicted molar refractivity (Wildman–Crippen MR) is 76.5 cm³/mol. The first-order chi connectivity index (χ1) is 9.16. The summed E-state index contributed by atoms with van der Waals surface area (Å²) >= 11 is 0. The van der Waals surface area contributed by atoms with Crippen molar-refractivity contribution in [3.63, 3.8) is 0 Å². The summed E-state index contributed by atoms with van der Waals surface area (Å²) in [5.41, 5.74) is 1.05. The zero-order chi connectivity index (χ0) is 13.6. The quantitative estimate of drug-likeness (QED) is 0.762. The Labute approximate surface area is 116 Å². The summed E-state index contributed by atoms with van der Waals surface area (Å²) in [5.74, 6) is 0.883. The van der Waals surface area contributed by atoms with E-state index in [-0.39, 0.29) is 5.75 Å². The molecule has 1 aliphatic carbocycles. The van der Waals surface area contributed by atoms with E-state index >= 15 is 0 Å². The molecule has 1 N–H and O–H groups in total. The van der Waals surface area contributed by atoms with Gasteiger partial charge < -0.3 is 4.74 Å². The molecule has 1 saturated carbocycles. The van der Waals surface area contributed by atoms with Gasteiger partial charge in [-0.1, -0.05) is 38.2 Å². The highest BCUT2D eigenvalue weighted by molar-refractivity contribution is 7.89. The molecular formula is C14H25NO3S. The van der Waals surface area contributed by atoms with Gasteiger partial charge in [0.25, 0.3) is 0 Å². The van der Waals surface area contributed by atoms with Crippen LogP contribution in [0, 0.1) is 5.92 Å². The van der Waals surface area contributed by atoms with Crippen LogP contribution in [0.2, 0.25) is 0 Å². The third-order valence-electron chi connectivity index (χ3n) is 4.02. The molecule has 5 heteroatoms. The highest BCUT2D eigenvalue weighted by Gasteiger charge is 2.18. The second kappa shape index (κ2) is 7.41. The fourth-order valence-corrected chi connectivity index (χ4v) is 4.00. The lowest BCUT2D eigenvalue weighted by molar-refractivity contribution is 0.149. The molecule has 4 nitrogen and oxygen atoms in total. The lowest BCUT2D eigenvalue weighted by atomic mass is 9.88. The van der Waals surface area contributed by atoms with Crippen molar-refractivity contribution in [2.24, 2.45) is 5.92 Å². The second-order valence-corrected chi connectivity index (χ2v) is 7.56. The molecule has 19 heavy (non-hydrogen) atoms. The van der Waals surface area contributed by atoms with Crippen LogP contribution in [-0.2, 0) is 14.8 Å². The molecule has 0 aromatic heterocycles. The molecule has 0 radical (unpaired) electrons. The Bertz CT molecular complexity index is 397. The fraction of sp³-hybridized carbons (Fsp3) is 0.857. The molecule has 110 valence electrons. The number of hydrogen-bond acceptors (Lipinski definition) is 3. The highest BCUT2D eigenvalue weighted by atomic mass is 32.2. The lowest BCUT2D eigenvalue weighted by Gasteiger charge is -2.21. The topological polar surface area (TPSA) is 55.4 Å². The Morgan fingerprint density at radius 2 is 2.05 bits per heavy atom. The van der Waals surface area contributed by atoms with Crippen LogP contribution in [0.15, 0.2) is 11.6 Å². The molecule has 1 aliphatic heterocycles. The van der Waals surface area contributed by atoms with Gasteiger partial charge in [-0.15, -0.1) is 0 Å². The van der Waals surface area contributed by atoms with Crippen LogP contribution in [0.4, 0.5) is 0 Å². The number of rotatable bonds is 6.